The highest BCUT2D eigenvalue weighted by Gasteiger charge is 2.38. The summed E-state index contributed by atoms with van der Waals surface area (Å²) in [6.45, 7) is 1.51. The van der Waals surface area contributed by atoms with Crippen LogP contribution in [0.3, 0.4) is 0 Å². The van der Waals surface area contributed by atoms with Gasteiger partial charge in [-0.1, -0.05) is 12.8 Å². The van der Waals surface area contributed by atoms with Gasteiger partial charge in [-0.3, -0.25) is 4.79 Å². The molecular formula is C15H26N2O4. The first-order valence-corrected chi connectivity index (χ1v) is 7.82. The molecule has 120 valence electrons. The number of aliphatic carboxylic acids is 1. The van der Waals surface area contributed by atoms with Crippen molar-refractivity contribution in [1.82, 2.24) is 9.80 Å². The van der Waals surface area contributed by atoms with Gasteiger partial charge in [-0.15, -0.1) is 0 Å². The third-order valence-electron chi connectivity index (χ3n) is 4.41. The van der Waals surface area contributed by atoms with Gasteiger partial charge in [0.1, 0.15) is 6.10 Å². The molecular weight excluding hydrogens is 272 g/mol. The summed E-state index contributed by atoms with van der Waals surface area (Å²) >= 11 is 0. The summed E-state index contributed by atoms with van der Waals surface area (Å²) < 4.78 is 5.43. The maximum absolute atomic E-state index is 12.7. The third-order valence-corrected chi connectivity index (χ3v) is 4.41. The summed E-state index contributed by atoms with van der Waals surface area (Å²) in [6.07, 6.45) is 3.98. The van der Waals surface area contributed by atoms with Crippen molar-refractivity contribution < 1.29 is 19.4 Å². The molecule has 6 heteroatoms. The number of carbonyl (C=O) groups excluding carboxylic acids is 1. The predicted octanol–water partition coefficient (Wildman–Crippen LogP) is 0.951. The van der Waals surface area contributed by atoms with Crippen LogP contribution in [0, 0.1) is 0 Å². The second kappa shape index (κ2) is 7.22. The highest BCUT2D eigenvalue weighted by molar-refractivity contribution is 5.83. The molecule has 0 aromatic rings. The summed E-state index contributed by atoms with van der Waals surface area (Å²) in [5.74, 6) is -0.987. The van der Waals surface area contributed by atoms with E-state index < -0.39 is 18.2 Å². The molecule has 1 aliphatic heterocycles. The molecule has 0 aromatic carbocycles. The second-order valence-electron chi connectivity index (χ2n) is 6.30. The van der Waals surface area contributed by atoms with Crippen molar-refractivity contribution in [3.63, 3.8) is 0 Å². The van der Waals surface area contributed by atoms with Gasteiger partial charge in [0.25, 0.3) is 5.91 Å². The van der Waals surface area contributed by atoms with E-state index in [1.54, 1.807) is 0 Å². The van der Waals surface area contributed by atoms with E-state index >= 15 is 0 Å². The summed E-state index contributed by atoms with van der Waals surface area (Å²) in [5, 5.41) is 8.98. The van der Waals surface area contributed by atoms with Gasteiger partial charge >= 0.3 is 5.97 Å². The minimum absolute atomic E-state index is 0.0208. The molecule has 21 heavy (non-hydrogen) atoms. The maximum Gasteiger partial charge on any atom is 0.332 e. The van der Waals surface area contributed by atoms with E-state index in [0.29, 0.717) is 25.4 Å². The number of carboxylic acid groups (broad SMARTS) is 1. The molecule has 1 aliphatic carbocycles. The highest BCUT2D eigenvalue weighted by atomic mass is 16.5. The van der Waals surface area contributed by atoms with Gasteiger partial charge in [0.15, 0.2) is 6.10 Å². The van der Waals surface area contributed by atoms with Gasteiger partial charge < -0.3 is 19.6 Å². The fourth-order valence-electron chi connectivity index (χ4n) is 3.18. The van der Waals surface area contributed by atoms with Crippen LogP contribution in [0.5, 0.6) is 0 Å². The molecule has 0 unspecified atom stereocenters. The molecule has 1 N–H and O–H groups in total. The van der Waals surface area contributed by atoms with E-state index in [1.165, 1.54) is 12.8 Å². The Bertz CT molecular complexity index is 380. The van der Waals surface area contributed by atoms with Crippen LogP contribution in [-0.4, -0.2) is 72.2 Å². The van der Waals surface area contributed by atoms with Gasteiger partial charge in [-0.2, -0.15) is 0 Å². The first-order chi connectivity index (χ1) is 9.99. The molecule has 6 nitrogen and oxygen atoms in total. The molecule has 2 rings (SSSR count). The molecule has 0 spiro atoms. The normalized spacial score (nSPS) is 26.4. The van der Waals surface area contributed by atoms with Crippen LogP contribution in [0.1, 0.15) is 38.5 Å². The first kappa shape index (κ1) is 16.2. The van der Waals surface area contributed by atoms with Crippen molar-refractivity contribution in [3.05, 3.63) is 0 Å². The number of ether oxygens (including phenoxy) is 1. The Hall–Kier alpha value is -1.14. The molecule has 1 saturated heterocycles. The SMILES string of the molecule is CN(C)CCN(C(=O)[C@@H]1CC[C@H](C(=O)O)O1)C1CCCC1. The fourth-order valence-corrected chi connectivity index (χ4v) is 3.18. The molecule has 2 atom stereocenters. The van der Waals surface area contributed by atoms with E-state index in [9.17, 15) is 9.59 Å². The lowest BCUT2D eigenvalue weighted by atomic mass is 10.1. The summed E-state index contributed by atoms with van der Waals surface area (Å²) in [5.41, 5.74) is 0. The fraction of sp³-hybridized carbons (Fsp3) is 0.867. The van der Waals surface area contributed by atoms with Gasteiger partial charge in [-0.05, 0) is 39.8 Å². The van der Waals surface area contributed by atoms with Crippen LogP contribution in [0.2, 0.25) is 0 Å². The predicted molar refractivity (Wildman–Crippen MR) is 78.1 cm³/mol. The average Bonchev–Trinajstić information content (AvgIpc) is 3.09. The van der Waals surface area contributed by atoms with Gasteiger partial charge in [-0.25, -0.2) is 4.79 Å². The van der Waals surface area contributed by atoms with Gasteiger partial charge in [0, 0.05) is 19.1 Å². The summed E-state index contributed by atoms with van der Waals surface area (Å²) in [4.78, 5) is 27.6. The number of rotatable bonds is 6. The number of likely N-dealkylation sites (N-methyl/N-ethyl adjacent to an activating group) is 1. The van der Waals surface area contributed by atoms with Gasteiger partial charge in [0.2, 0.25) is 0 Å². The molecule has 2 fully saturated rings. The molecule has 2 aliphatic rings. The third kappa shape index (κ3) is 4.17. The molecule has 0 aromatic heterocycles. The Morgan fingerprint density at radius 3 is 2.19 bits per heavy atom. The maximum atomic E-state index is 12.7. The molecule has 0 radical (unpaired) electrons. The zero-order valence-electron chi connectivity index (χ0n) is 13.0. The zero-order chi connectivity index (χ0) is 15.4. The van der Waals surface area contributed by atoms with Crippen LogP contribution in [0.4, 0.5) is 0 Å². The van der Waals surface area contributed by atoms with Crippen molar-refractivity contribution in [1.29, 1.82) is 0 Å². The first-order valence-electron chi connectivity index (χ1n) is 7.82. The molecule has 0 bridgehead atoms. The smallest absolute Gasteiger partial charge is 0.332 e. The zero-order valence-corrected chi connectivity index (χ0v) is 13.0. The van der Waals surface area contributed by atoms with Crippen LogP contribution >= 0.6 is 0 Å². The van der Waals surface area contributed by atoms with Gasteiger partial charge in [0.05, 0.1) is 0 Å². The lowest BCUT2D eigenvalue weighted by Crippen LogP contribution is -2.47. The Morgan fingerprint density at radius 1 is 1.05 bits per heavy atom. The summed E-state index contributed by atoms with van der Waals surface area (Å²) in [7, 11) is 3.98. The van der Waals surface area contributed by atoms with E-state index in [0.717, 1.165) is 19.4 Å². The minimum Gasteiger partial charge on any atom is -0.479 e. The van der Waals surface area contributed by atoms with Crippen molar-refractivity contribution in [2.45, 2.75) is 56.8 Å². The van der Waals surface area contributed by atoms with Crippen molar-refractivity contribution >= 4 is 11.9 Å². The van der Waals surface area contributed by atoms with Crippen LogP contribution in [-0.2, 0) is 14.3 Å². The Labute approximate surface area is 126 Å². The molecule has 1 amide bonds. The van der Waals surface area contributed by atoms with Crippen LogP contribution < -0.4 is 0 Å². The van der Waals surface area contributed by atoms with Crippen LogP contribution in [0.25, 0.3) is 0 Å². The van der Waals surface area contributed by atoms with Crippen molar-refractivity contribution in [3.8, 4) is 0 Å². The lowest BCUT2D eigenvalue weighted by molar-refractivity contribution is -0.155. The number of carboxylic acids is 1. The molecule has 1 heterocycles. The van der Waals surface area contributed by atoms with Crippen molar-refractivity contribution in [2.75, 3.05) is 27.2 Å². The standard InChI is InChI=1S/C15H26N2O4/c1-16(2)9-10-17(11-5-3-4-6-11)14(18)12-7-8-13(21-12)15(19)20/h11-13H,3-10H2,1-2H3,(H,19,20)/t12-,13+/m0/s1. The largest absolute Gasteiger partial charge is 0.479 e. The Kier molecular flexibility index (Phi) is 5.58. The van der Waals surface area contributed by atoms with E-state index in [4.69, 9.17) is 9.84 Å². The molecule has 1 saturated carbocycles. The minimum atomic E-state index is -0.967. The van der Waals surface area contributed by atoms with E-state index in [-0.39, 0.29) is 5.91 Å². The number of hydrogen-bond acceptors (Lipinski definition) is 4. The van der Waals surface area contributed by atoms with Crippen LogP contribution in [0.15, 0.2) is 0 Å². The highest BCUT2D eigenvalue weighted by Crippen LogP contribution is 2.27. The Balaban J connectivity index is 1.98. The number of amides is 1. The topological polar surface area (TPSA) is 70.1 Å². The van der Waals surface area contributed by atoms with E-state index in [2.05, 4.69) is 4.90 Å². The number of nitrogens with zero attached hydrogens (tertiary/aromatic N) is 2. The number of hydrogen-bond donors (Lipinski definition) is 1. The quantitative estimate of drug-likeness (QED) is 0.790. The second-order valence-corrected chi connectivity index (χ2v) is 6.30. The lowest BCUT2D eigenvalue weighted by Gasteiger charge is -2.32. The number of carbonyl (C=O) groups is 2. The summed E-state index contributed by atoms with van der Waals surface area (Å²) in [6, 6.07) is 0.296. The average molecular weight is 298 g/mol. The van der Waals surface area contributed by atoms with Crippen molar-refractivity contribution in [2.24, 2.45) is 0 Å². The van der Waals surface area contributed by atoms with E-state index in [1.807, 2.05) is 19.0 Å². The Morgan fingerprint density at radius 2 is 1.67 bits per heavy atom. The monoisotopic (exact) mass is 298 g/mol.